The molecule has 0 saturated heterocycles. The van der Waals surface area contributed by atoms with E-state index in [9.17, 15) is 4.79 Å². The van der Waals surface area contributed by atoms with Crippen LogP contribution in [0.1, 0.15) is 16.7 Å². The Bertz CT molecular complexity index is 840. The van der Waals surface area contributed by atoms with E-state index in [1.165, 1.54) is 28.5 Å². The van der Waals surface area contributed by atoms with Crippen LogP contribution in [0.2, 0.25) is 0 Å². The van der Waals surface area contributed by atoms with Crippen LogP contribution in [0.25, 0.3) is 11.1 Å². The minimum atomic E-state index is 0.0576. The molecular formula is C19H20N2O2S. The summed E-state index contributed by atoms with van der Waals surface area (Å²) in [6, 6.07) is 13.9. The summed E-state index contributed by atoms with van der Waals surface area (Å²) >= 11 is 1.33. The Labute approximate surface area is 145 Å². The highest BCUT2D eigenvalue weighted by Gasteiger charge is 2.13. The van der Waals surface area contributed by atoms with Crippen LogP contribution >= 0.6 is 11.8 Å². The number of aromatic nitrogens is 1. The van der Waals surface area contributed by atoms with Crippen LogP contribution in [-0.2, 0) is 11.3 Å². The molecule has 0 bridgehead atoms. The summed E-state index contributed by atoms with van der Waals surface area (Å²) in [6.07, 6.45) is 0. The van der Waals surface area contributed by atoms with Crippen molar-refractivity contribution in [2.24, 2.45) is 0 Å². The van der Waals surface area contributed by atoms with E-state index in [4.69, 9.17) is 4.42 Å². The smallest absolute Gasteiger partial charge is 0.257 e. The fourth-order valence-electron chi connectivity index (χ4n) is 2.51. The molecule has 0 aliphatic heterocycles. The van der Waals surface area contributed by atoms with Gasteiger partial charge in [-0.25, -0.2) is 4.98 Å². The van der Waals surface area contributed by atoms with E-state index in [-0.39, 0.29) is 5.91 Å². The molecule has 1 amide bonds. The largest absolute Gasteiger partial charge is 0.431 e. The number of hydrogen-bond acceptors (Lipinski definition) is 4. The molecule has 0 saturated carbocycles. The minimum absolute atomic E-state index is 0.0576. The Kier molecular flexibility index (Phi) is 4.90. The van der Waals surface area contributed by atoms with Crippen molar-refractivity contribution in [3.05, 3.63) is 59.2 Å². The number of fused-ring (bicyclic) bond motifs is 1. The number of carbonyl (C=O) groups is 1. The number of hydrogen-bond donors (Lipinski definition) is 0. The molecule has 0 aliphatic rings. The Morgan fingerprint density at radius 2 is 2.00 bits per heavy atom. The van der Waals surface area contributed by atoms with Gasteiger partial charge < -0.3 is 9.32 Å². The maximum atomic E-state index is 12.3. The Balaban J connectivity index is 1.59. The van der Waals surface area contributed by atoms with Gasteiger partial charge in [0.1, 0.15) is 5.52 Å². The first-order chi connectivity index (χ1) is 11.5. The summed E-state index contributed by atoms with van der Waals surface area (Å²) in [7, 11) is 1.83. The fraction of sp³-hybridized carbons (Fsp3) is 0.263. The van der Waals surface area contributed by atoms with Gasteiger partial charge in [-0.05, 0) is 37.1 Å². The van der Waals surface area contributed by atoms with Gasteiger partial charge in [-0.15, -0.1) is 0 Å². The first-order valence-electron chi connectivity index (χ1n) is 7.81. The highest BCUT2D eigenvalue weighted by atomic mass is 32.2. The van der Waals surface area contributed by atoms with Crippen LogP contribution in [0.4, 0.5) is 0 Å². The maximum absolute atomic E-state index is 12.3. The van der Waals surface area contributed by atoms with Gasteiger partial charge in [0.15, 0.2) is 5.58 Å². The summed E-state index contributed by atoms with van der Waals surface area (Å²) < 4.78 is 5.63. The van der Waals surface area contributed by atoms with Crippen molar-refractivity contribution < 1.29 is 9.21 Å². The lowest BCUT2D eigenvalue weighted by molar-refractivity contribution is -0.127. The van der Waals surface area contributed by atoms with Gasteiger partial charge in [-0.1, -0.05) is 47.7 Å². The standard InChI is InChI=1S/C19H20N2O2S/c1-13-8-9-15(14(2)10-13)11-21(3)18(22)12-24-19-20-16-6-4-5-7-17(16)23-19/h4-10H,11-12H2,1-3H3. The van der Waals surface area contributed by atoms with E-state index in [0.29, 0.717) is 17.5 Å². The first kappa shape index (κ1) is 16.6. The molecule has 124 valence electrons. The van der Waals surface area contributed by atoms with Crippen LogP contribution in [0.5, 0.6) is 0 Å². The van der Waals surface area contributed by atoms with E-state index in [0.717, 1.165) is 11.1 Å². The number of carbonyl (C=O) groups excluding carboxylic acids is 1. The van der Waals surface area contributed by atoms with Gasteiger partial charge in [0.25, 0.3) is 5.22 Å². The summed E-state index contributed by atoms with van der Waals surface area (Å²) in [5.74, 6) is 0.371. The SMILES string of the molecule is Cc1ccc(CN(C)C(=O)CSc2nc3ccccc3o2)c(C)c1. The zero-order chi connectivity index (χ0) is 17.1. The molecule has 2 aromatic carbocycles. The second-order valence-electron chi connectivity index (χ2n) is 5.92. The Morgan fingerprint density at radius 3 is 2.75 bits per heavy atom. The van der Waals surface area contributed by atoms with Gasteiger partial charge in [-0.3, -0.25) is 4.79 Å². The zero-order valence-corrected chi connectivity index (χ0v) is 14.9. The Hall–Kier alpha value is -2.27. The lowest BCUT2D eigenvalue weighted by atomic mass is 10.1. The molecule has 0 spiro atoms. The molecule has 24 heavy (non-hydrogen) atoms. The monoisotopic (exact) mass is 340 g/mol. The van der Waals surface area contributed by atoms with Gasteiger partial charge in [-0.2, -0.15) is 0 Å². The summed E-state index contributed by atoms with van der Waals surface area (Å²) in [6.45, 7) is 4.76. The Morgan fingerprint density at radius 1 is 1.21 bits per heavy atom. The molecule has 3 rings (SSSR count). The predicted octanol–water partition coefficient (Wildman–Crippen LogP) is 4.20. The number of aryl methyl sites for hydroxylation is 2. The lowest BCUT2D eigenvalue weighted by Gasteiger charge is -2.18. The number of rotatable bonds is 5. The molecule has 5 heteroatoms. The van der Waals surface area contributed by atoms with E-state index >= 15 is 0 Å². The number of oxazole rings is 1. The molecule has 0 atom stereocenters. The number of benzene rings is 2. The van der Waals surface area contributed by atoms with Crippen molar-refractivity contribution in [2.75, 3.05) is 12.8 Å². The van der Waals surface area contributed by atoms with Gasteiger partial charge in [0, 0.05) is 13.6 Å². The highest BCUT2D eigenvalue weighted by Crippen LogP contribution is 2.23. The van der Waals surface area contributed by atoms with Crippen LogP contribution in [0, 0.1) is 13.8 Å². The molecule has 3 aromatic rings. The minimum Gasteiger partial charge on any atom is -0.431 e. The lowest BCUT2D eigenvalue weighted by Crippen LogP contribution is -2.28. The fourth-order valence-corrected chi connectivity index (χ4v) is 3.29. The average molecular weight is 340 g/mol. The summed E-state index contributed by atoms with van der Waals surface area (Å²) in [4.78, 5) is 18.5. The van der Waals surface area contributed by atoms with E-state index in [1.54, 1.807) is 4.90 Å². The quantitative estimate of drug-likeness (QED) is 0.653. The first-order valence-corrected chi connectivity index (χ1v) is 8.80. The maximum Gasteiger partial charge on any atom is 0.257 e. The van der Waals surface area contributed by atoms with Crippen molar-refractivity contribution in [3.63, 3.8) is 0 Å². The second-order valence-corrected chi connectivity index (χ2v) is 6.84. The van der Waals surface area contributed by atoms with Crippen molar-refractivity contribution in [2.45, 2.75) is 25.6 Å². The molecule has 0 fully saturated rings. The second kappa shape index (κ2) is 7.09. The number of thioether (sulfide) groups is 1. The van der Waals surface area contributed by atoms with Gasteiger partial charge in [0.2, 0.25) is 5.91 Å². The average Bonchev–Trinajstić information content (AvgIpc) is 2.98. The third-order valence-corrected chi connectivity index (χ3v) is 4.74. The van der Waals surface area contributed by atoms with Crippen molar-refractivity contribution in [1.82, 2.24) is 9.88 Å². The van der Waals surface area contributed by atoms with Gasteiger partial charge in [0.05, 0.1) is 5.75 Å². The number of nitrogens with zero attached hydrogens (tertiary/aromatic N) is 2. The van der Waals surface area contributed by atoms with Crippen LogP contribution < -0.4 is 0 Å². The van der Waals surface area contributed by atoms with Crippen molar-refractivity contribution in [1.29, 1.82) is 0 Å². The topological polar surface area (TPSA) is 46.3 Å². The summed E-state index contributed by atoms with van der Waals surface area (Å²) in [5.41, 5.74) is 5.17. The number of para-hydroxylation sites is 2. The molecule has 1 aromatic heterocycles. The van der Waals surface area contributed by atoms with Crippen LogP contribution in [0.15, 0.2) is 52.1 Å². The van der Waals surface area contributed by atoms with E-state index < -0.39 is 0 Å². The van der Waals surface area contributed by atoms with Gasteiger partial charge >= 0.3 is 0 Å². The zero-order valence-electron chi connectivity index (χ0n) is 14.1. The highest BCUT2D eigenvalue weighted by molar-refractivity contribution is 7.99. The molecule has 0 aliphatic carbocycles. The van der Waals surface area contributed by atoms with Crippen LogP contribution in [0.3, 0.4) is 0 Å². The molecule has 0 radical (unpaired) electrons. The third-order valence-electron chi connectivity index (χ3n) is 3.92. The predicted molar refractivity (Wildman–Crippen MR) is 97.1 cm³/mol. The molecule has 4 nitrogen and oxygen atoms in total. The van der Waals surface area contributed by atoms with Crippen molar-refractivity contribution in [3.8, 4) is 0 Å². The molecule has 1 heterocycles. The molecule has 0 unspecified atom stereocenters. The normalized spacial score (nSPS) is 11.0. The molecular weight excluding hydrogens is 320 g/mol. The number of amides is 1. The third kappa shape index (κ3) is 3.79. The molecule has 0 N–H and O–H groups in total. The van der Waals surface area contributed by atoms with E-state index in [2.05, 4.69) is 37.0 Å². The van der Waals surface area contributed by atoms with E-state index in [1.807, 2.05) is 31.3 Å². The summed E-state index contributed by atoms with van der Waals surface area (Å²) in [5, 5.41) is 0.532. The van der Waals surface area contributed by atoms with Crippen molar-refractivity contribution >= 4 is 28.8 Å². The van der Waals surface area contributed by atoms with Crippen LogP contribution in [-0.4, -0.2) is 28.6 Å².